The first kappa shape index (κ1) is 20.8. The molecule has 0 aliphatic carbocycles. The highest BCUT2D eigenvalue weighted by molar-refractivity contribution is 6.30. The summed E-state index contributed by atoms with van der Waals surface area (Å²) in [6.07, 6.45) is -0.445. The van der Waals surface area contributed by atoms with Crippen molar-refractivity contribution < 1.29 is 23.9 Å². The summed E-state index contributed by atoms with van der Waals surface area (Å²) in [5, 5.41) is 1.69. The van der Waals surface area contributed by atoms with E-state index < -0.39 is 23.5 Å². The molecule has 0 fully saturated rings. The van der Waals surface area contributed by atoms with Gasteiger partial charge in [-0.25, -0.2) is 9.59 Å². The lowest BCUT2D eigenvalue weighted by atomic mass is 10.1. The van der Waals surface area contributed by atoms with Crippen molar-refractivity contribution in [3.05, 3.63) is 35.9 Å². The normalized spacial score (nSPS) is 12.6. The van der Waals surface area contributed by atoms with Crippen molar-refractivity contribution in [2.45, 2.75) is 31.3 Å². The molecule has 25 heavy (non-hydrogen) atoms. The van der Waals surface area contributed by atoms with Crippen LogP contribution in [0.15, 0.2) is 30.3 Å². The minimum absolute atomic E-state index is 0.141. The maximum atomic E-state index is 12.5. The summed E-state index contributed by atoms with van der Waals surface area (Å²) < 4.78 is 9.32. The summed E-state index contributed by atoms with van der Waals surface area (Å²) in [7, 11) is 2.49. The van der Waals surface area contributed by atoms with Crippen LogP contribution < -0.4 is 5.32 Å². The predicted octanol–water partition coefficient (Wildman–Crippen LogP) is 1.93. The van der Waals surface area contributed by atoms with Gasteiger partial charge in [0.15, 0.2) is 0 Å². The Labute approximate surface area is 152 Å². The quantitative estimate of drug-likeness (QED) is 0.558. The van der Waals surface area contributed by atoms with Gasteiger partial charge in [0.2, 0.25) is 5.91 Å². The number of methoxy groups -OCH3 is 2. The molecule has 0 saturated heterocycles. The van der Waals surface area contributed by atoms with E-state index in [4.69, 9.17) is 16.3 Å². The van der Waals surface area contributed by atoms with Gasteiger partial charge in [-0.3, -0.25) is 4.79 Å². The van der Waals surface area contributed by atoms with E-state index in [0.717, 1.165) is 5.56 Å². The molecule has 0 spiro atoms. The molecule has 0 bridgehead atoms. The van der Waals surface area contributed by atoms with Crippen LogP contribution in [-0.2, 0) is 25.6 Å². The number of halogens is 1. The maximum Gasteiger partial charge on any atom is 0.406 e. The van der Waals surface area contributed by atoms with E-state index >= 15 is 0 Å². The number of hydrogen-bond donors (Lipinski definition) is 1. The molecule has 2 atom stereocenters. The number of rotatable bonds is 8. The number of esters is 1. The molecule has 0 aliphatic rings. The van der Waals surface area contributed by atoms with Crippen molar-refractivity contribution in [3.63, 3.8) is 0 Å². The van der Waals surface area contributed by atoms with Gasteiger partial charge in [0.1, 0.15) is 11.4 Å². The summed E-state index contributed by atoms with van der Waals surface area (Å²) in [5.41, 5.74) is 0.850. The van der Waals surface area contributed by atoms with E-state index in [1.807, 2.05) is 30.3 Å². The molecule has 0 aromatic heterocycles. The van der Waals surface area contributed by atoms with Crippen LogP contribution in [-0.4, -0.2) is 55.1 Å². The molecule has 1 aromatic carbocycles. The summed E-state index contributed by atoms with van der Waals surface area (Å²) in [5.74, 6) is -0.966. The summed E-state index contributed by atoms with van der Waals surface area (Å²) >= 11 is 5.96. The van der Waals surface area contributed by atoms with E-state index in [2.05, 4.69) is 10.1 Å². The number of ether oxygens (including phenoxy) is 2. The number of carbonyl (C=O) groups is 3. The minimum atomic E-state index is -0.879. The van der Waals surface area contributed by atoms with Gasteiger partial charge in [-0.05, 0) is 18.9 Å². The average molecular weight is 371 g/mol. The fourth-order valence-electron chi connectivity index (χ4n) is 2.27. The summed E-state index contributed by atoms with van der Waals surface area (Å²) in [6, 6.07) is 8.36. The molecule has 0 aliphatic heterocycles. The zero-order chi connectivity index (χ0) is 18.8. The van der Waals surface area contributed by atoms with Gasteiger partial charge in [0, 0.05) is 13.1 Å². The summed E-state index contributed by atoms with van der Waals surface area (Å²) in [6.45, 7) is 1.89. The van der Waals surface area contributed by atoms with Crippen LogP contribution in [0.4, 0.5) is 4.79 Å². The van der Waals surface area contributed by atoms with Gasteiger partial charge < -0.3 is 19.7 Å². The first-order valence-corrected chi connectivity index (χ1v) is 8.22. The summed E-state index contributed by atoms with van der Waals surface area (Å²) in [4.78, 5) is 37.3. The van der Waals surface area contributed by atoms with Crippen LogP contribution in [0.25, 0.3) is 0 Å². The number of nitrogens with zero attached hydrogens (tertiary/aromatic N) is 1. The van der Waals surface area contributed by atoms with E-state index in [9.17, 15) is 14.4 Å². The second kappa shape index (κ2) is 10.6. The van der Waals surface area contributed by atoms with E-state index in [1.54, 1.807) is 6.92 Å². The van der Waals surface area contributed by atoms with Gasteiger partial charge in [0.05, 0.1) is 14.2 Å². The Morgan fingerprint density at radius 3 is 2.32 bits per heavy atom. The van der Waals surface area contributed by atoms with Gasteiger partial charge in [0.25, 0.3) is 0 Å². The second-order valence-electron chi connectivity index (χ2n) is 5.31. The van der Waals surface area contributed by atoms with Gasteiger partial charge in [-0.2, -0.15) is 0 Å². The largest absolute Gasteiger partial charge is 0.467 e. The lowest BCUT2D eigenvalue weighted by molar-refractivity contribution is -0.153. The molecular weight excluding hydrogens is 348 g/mol. The predicted molar refractivity (Wildman–Crippen MR) is 93.1 cm³/mol. The molecule has 1 N–H and O–H groups in total. The molecule has 1 aromatic rings. The molecule has 0 heterocycles. The van der Waals surface area contributed by atoms with Crippen LogP contribution in [0.3, 0.4) is 0 Å². The smallest absolute Gasteiger partial charge is 0.406 e. The lowest BCUT2D eigenvalue weighted by Gasteiger charge is -2.31. The molecule has 7 nitrogen and oxygen atoms in total. The highest BCUT2D eigenvalue weighted by Crippen LogP contribution is 2.16. The Hall–Kier alpha value is -2.28. The number of benzene rings is 1. The van der Waals surface area contributed by atoms with Crippen LogP contribution in [0.1, 0.15) is 18.9 Å². The number of alkyl halides is 1. The van der Waals surface area contributed by atoms with Crippen molar-refractivity contribution >= 4 is 29.6 Å². The zero-order valence-electron chi connectivity index (χ0n) is 14.5. The highest BCUT2D eigenvalue weighted by Gasteiger charge is 2.32. The van der Waals surface area contributed by atoms with E-state index in [-0.39, 0.29) is 25.4 Å². The van der Waals surface area contributed by atoms with Crippen molar-refractivity contribution in [1.29, 1.82) is 0 Å². The first-order valence-electron chi connectivity index (χ1n) is 7.78. The Kier molecular flexibility index (Phi) is 8.77. The Balaban J connectivity index is 2.99. The van der Waals surface area contributed by atoms with Crippen LogP contribution in [0.5, 0.6) is 0 Å². The SMILES string of the molecule is COC(=O)NCCC(C(=O)OC)N(Cc1ccccc1)C(=O)C(C)Cl. The lowest BCUT2D eigenvalue weighted by Crippen LogP contribution is -2.48. The average Bonchev–Trinajstić information content (AvgIpc) is 2.63. The Morgan fingerprint density at radius 2 is 1.80 bits per heavy atom. The monoisotopic (exact) mass is 370 g/mol. The second-order valence-corrected chi connectivity index (χ2v) is 5.97. The standard InChI is InChI=1S/C17H23ClN2O5/c1-12(18)15(21)20(11-13-7-5-4-6-8-13)14(16(22)24-2)9-10-19-17(23)25-3/h4-8,12,14H,9-11H2,1-3H3,(H,19,23). The fourth-order valence-corrected chi connectivity index (χ4v) is 2.40. The third kappa shape index (κ3) is 6.62. The zero-order valence-corrected chi connectivity index (χ0v) is 15.3. The molecule has 1 rings (SSSR count). The Morgan fingerprint density at radius 1 is 1.16 bits per heavy atom. The molecule has 0 saturated carbocycles. The van der Waals surface area contributed by atoms with Gasteiger partial charge in [-0.15, -0.1) is 11.6 Å². The Bertz CT molecular complexity index is 580. The molecule has 138 valence electrons. The number of hydrogen-bond acceptors (Lipinski definition) is 5. The third-order valence-electron chi connectivity index (χ3n) is 3.54. The van der Waals surface area contributed by atoms with Gasteiger partial charge >= 0.3 is 12.1 Å². The topological polar surface area (TPSA) is 84.9 Å². The van der Waals surface area contributed by atoms with Crippen LogP contribution in [0.2, 0.25) is 0 Å². The van der Waals surface area contributed by atoms with Crippen molar-refractivity contribution in [2.75, 3.05) is 20.8 Å². The van der Waals surface area contributed by atoms with Crippen molar-refractivity contribution in [2.24, 2.45) is 0 Å². The molecular formula is C17H23ClN2O5. The number of amides is 2. The molecule has 8 heteroatoms. The first-order chi connectivity index (χ1) is 11.9. The highest BCUT2D eigenvalue weighted by atomic mass is 35.5. The third-order valence-corrected chi connectivity index (χ3v) is 3.73. The maximum absolute atomic E-state index is 12.5. The van der Waals surface area contributed by atoms with Crippen LogP contribution >= 0.6 is 11.6 Å². The number of alkyl carbamates (subject to hydrolysis) is 1. The van der Waals surface area contributed by atoms with Gasteiger partial charge in [-0.1, -0.05) is 30.3 Å². The molecule has 2 amide bonds. The van der Waals surface area contributed by atoms with Crippen molar-refractivity contribution in [1.82, 2.24) is 10.2 Å². The fraction of sp³-hybridized carbons (Fsp3) is 0.471. The molecule has 0 radical (unpaired) electrons. The molecule has 2 unspecified atom stereocenters. The van der Waals surface area contributed by atoms with Crippen LogP contribution in [0, 0.1) is 0 Å². The number of carbonyl (C=O) groups excluding carboxylic acids is 3. The van der Waals surface area contributed by atoms with E-state index in [1.165, 1.54) is 19.1 Å². The number of nitrogens with one attached hydrogen (secondary N) is 1. The van der Waals surface area contributed by atoms with E-state index in [0.29, 0.717) is 0 Å². The van der Waals surface area contributed by atoms with Crippen molar-refractivity contribution in [3.8, 4) is 0 Å². The minimum Gasteiger partial charge on any atom is -0.467 e.